The molecule has 2 aliphatic heterocycles. The number of rotatable bonds is 4. The molecule has 2 aliphatic rings. The number of benzene rings is 1. The number of fused-ring (bicyclic) bond motifs is 2. The molecule has 3 heterocycles. The van der Waals surface area contributed by atoms with Crippen molar-refractivity contribution in [3.05, 3.63) is 36.2 Å². The van der Waals surface area contributed by atoms with E-state index in [0.717, 1.165) is 60.4 Å². The van der Waals surface area contributed by atoms with Crippen molar-refractivity contribution in [1.82, 2.24) is 19.8 Å². The van der Waals surface area contributed by atoms with Crippen LogP contribution in [0.2, 0.25) is 0 Å². The van der Waals surface area contributed by atoms with E-state index >= 15 is 0 Å². The van der Waals surface area contributed by atoms with E-state index in [9.17, 15) is 8.42 Å². The highest BCUT2D eigenvalue weighted by atomic mass is 32.2. The fourth-order valence-corrected chi connectivity index (χ4v) is 4.21. The van der Waals surface area contributed by atoms with Crippen LogP contribution in [0.5, 0.6) is 0 Å². The summed E-state index contributed by atoms with van der Waals surface area (Å²) in [6, 6.07) is 6.43. The first-order valence-corrected chi connectivity index (χ1v) is 11.2. The average molecular weight is 405 g/mol. The van der Waals surface area contributed by atoms with E-state index in [-0.39, 0.29) is 0 Å². The molecule has 10 heteroatoms. The van der Waals surface area contributed by atoms with Gasteiger partial charge < -0.3 is 10.2 Å². The third-order valence-corrected chi connectivity index (χ3v) is 5.93. The fraction of sp³-hybridized carbons (Fsp3) is 0.353. The lowest BCUT2D eigenvalue weighted by molar-refractivity contribution is 0.178. The Morgan fingerprint density at radius 1 is 1.22 bits per heavy atom. The maximum Gasteiger partial charge on any atom is 0.251 e. The second-order valence-electron chi connectivity index (χ2n) is 6.53. The summed E-state index contributed by atoms with van der Waals surface area (Å²) in [6.45, 7) is 4.11. The topological polar surface area (TPSA) is 90.8 Å². The summed E-state index contributed by atoms with van der Waals surface area (Å²) in [5.74, 6) is 0.797. The fourth-order valence-electron chi connectivity index (χ4n) is 3.03. The lowest BCUT2D eigenvalue weighted by atomic mass is 10.1. The normalized spacial score (nSPS) is 17.4. The van der Waals surface area contributed by atoms with Crippen molar-refractivity contribution in [2.45, 2.75) is 16.5 Å². The van der Waals surface area contributed by atoms with Gasteiger partial charge in [0.05, 0.1) is 11.9 Å². The van der Waals surface area contributed by atoms with Gasteiger partial charge in [-0.3, -0.25) is 4.90 Å². The molecule has 0 radical (unpaired) electrons. The molecule has 0 spiro atoms. The Morgan fingerprint density at radius 3 is 2.78 bits per heavy atom. The minimum Gasteiger partial charge on any atom is -0.359 e. The maximum atomic E-state index is 11.1. The summed E-state index contributed by atoms with van der Waals surface area (Å²) in [6.07, 6.45) is 5.93. The summed E-state index contributed by atoms with van der Waals surface area (Å²) in [5, 5.41) is 4.25. The van der Waals surface area contributed by atoms with Gasteiger partial charge in [0.15, 0.2) is 5.82 Å². The van der Waals surface area contributed by atoms with Gasteiger partial charge in [0.2, 0.25) is 0 Å². The first kappa shape index (κ1) is 18.2. The summed E-state index contributed by atoms with van der Waals surface area (Å²) in [7, 11) is -3.32. The van der Waals surface area contributed by atoms with Crippen LogP contribution in [-0.4, -0.2) is 67.0 Å². The van der Waals surface area contributed by atoms with Crippen LogP contribution in [0.1, 0.15) is 5.56 Å². The third-order valence-electron chi connectivity index (χ3n) is 4.38. The van der Waals surface area contributed by atoms with Gasteiger partial charge in [-0.25, -0.2) is 18.4 Å². The van der Waals surface area contributed by atoms with Gasteiger partial charge in [-0.1, -0.05) is 17.8 Å². The lowest BCUT2D eigenvalue weighted by Gasteiger charge is -2.33. The predicted octanol–water partition coefficient (Wildman–Crippen LogP) is 1.79. The molecular weight excluding hydrogens is 384 g/mol. The molecule has 8 nitrogen and oxygen atoms in total. The van der Waals surface area contributed by atoms with E-state index in [0.29, 0.717) is 0 Å². The molecular formula is C17H20N6O2S2. The van der Waals surface area contributed by atoms with E-state index in [2.05, 4.69) is 42.8 Å². The van der Waals surface area contributed by atoms with Crippen LogP contribution in [0.15, 0.2) is 44.9 Å². The van der Waals surface area contributed by atoms with Crippen LogP contribution in [0.3, 0.4) is 0 Å². The highest BCUT2D eigenvalue weighted by Gasteiger charge is 2.19. The molecule has 2 aromatic rings. The molecule has 1 saturated heterocycles. The van der Waals surface area contributed by atoms with Gasteiger partial charge in [0, 0.05) is 50.0 Å². The van der Waals surface area contributed by atoms with Crippen molar-refractivity contribution in [2.24, 2.45) is 4.40 Å². The van der Waals surface area contributed by atoms with Crippen molar-refractivity contribution in [3.63, 3.8) is 0 Å². The summed E-state index contributed by atoms with van der Waals surface area (Å²) >= 11 is 1.62. The predicted molar refractivity (Wildman–Crippen MR) is 106 cm³/mol. The number of aromatic nitrogens is 2. The largest absolute Gasteiger partial charge is 0.359 e. The molecule has 0 unspecified atom stereocenters. The smallest absolute Gasteiger partial charge is 0.251 e. The number of nitrogens with one attached hydrogen (secondary N) is 1. The number of hydrogen-bond donors (Lipinski definition) is 1. The molecule has 142 valence electrons. The van der Waals surface area contributed by atoms with E-state index in [1.54, 1.807) is 24.2 Å². The lowest BCUT2D eigenvalue weighted by Crippen LogP contribution is -2.45. The minimum atomic E-state index is -3.32. The second-order valence-corrected chi connectivity index (χ2v) is 9.24. The number of piperazine rings is 1. The molecule has 1 aromatic carbocycles. The number of hydrogen-bond acceptors (Lipinski definition) is 7. The molecule has 1 aromatic heterocycles. The van der Waals surface area contributed by atoms with E-state index in [4.69, 9.17) is 0 Å². The van der Waals surface area contributed by atoms with Crippen LogP contribution in [0.25, 0.3) is 0 Å². The monoisotopic (exact) mass is 404 g/mol. The van der Waals surface area contributed by atoms with Gasteiger partial charge in [-0.05, 0) is 17.7 Å². The minimum absolute atomic E-state index is 0.765. The summed E-state index contributed by atoms with van der Waals surface area (Å²) in [4.78, 5) is 14.1. The van der Waals surface area contributed by atoms with Crippen LogP contribution >= 0.6 is 11.8 Å². The van der Waals surface area contributed by atoms with Crippen LogP contribution < -0.4 is 5.32 Å². The van der Waals surface area contributed by atoms with Crippen molar-refractivity contribution in [2.75, 3.05) is 37.8 Å². The highest BCUT2D eigenvalue weighted by Crippen LogP contribution is 2.42. The first-order valence-electron chi connectivity index (χ1n) is 8.57. The van der Waals surface area contributed by atoms with Crippen LogP contribution in [-0.2, 0) is 16.6 Å². The Kier molecular flexibility index (Phi) is 5.02. The third kappa shape index (κ3) is 4.57. The molecule has 27 heavy (non-hydrogen) atoms. The Labute approximate surface area is 162 Å². The Morgan fingerprint density at radius 2 is 2.00 bits per heavy atom. The van der Waals surface area contributed by atoms with Gasteiger partial charge in [-0.15, -0.1) is 0 Å². The molecule has 0 saturated carbocycles. The van der Waals surface area contributed by atoms with Gasteiger partial charge >= 0.3 is 0 Å². The zero-order valence-electron chi connectivity index (χ0n) is 14.9. The van der Waals surface area contributed by atoms with Crippen molar-refractivity contribution in [3.8, 4) is 0 Å². The Bertz CT molecular complexity index is 971. The Balaban J connectivity index is 1.37. The van der Waals surface area contributed by atoms with Gasteiger partial charge in [-0.2, -0.15) is 4.40 Å². The average Bonchev–Trinajstić information content (AvgIpc) is 2.65. The van der Waals surface area contributed by atoms with E-state index in [1.165, 1.54) is 11.9 Å². The van der Waals surface area contributed by atoms with Crippen molar-refractivity contribution in [1.29, 1.82) is 0 Å². The summed E-state index contributed by atoms with van der Waals surface area (Å²) in [5.41, 5.74) is 2.29. The van der Waals surface area contributed by atoms with Gasteiger partial charge in [0.25, 0.3) is 10.0 Å². The maximum absolute atomic E-state index is 11.1. The van der Waals surface area contributed by atoms with Crippen molar-refractivity contribution >= 4 is 39.6 Å². The highest BCUT2D eigenvalue weighted by molar-refractivity contribution is 7.99. The zero-order chi connectivity index (χ0) is 18.9. The second kappa shape index (κ2) is 7.45. The van der Waals surface area contributed by atoms with E-state index < -0.39 is 10.0 Å². The molecule has 0 amide bonds. The Hall–Kier alpha value is -2.17. The molecule has 4 rings (SSSR count). The molecule has 1 fully saturated rings. The summed E-state index contributed by atoms with van der Waals surface area (Å²) < 4.78 is 25.8. The molecule has 0 bridgehead atoms. The first-order chi connectivity index (χ1) is 13.0. The quantitative estimate of drug-likeness (QED) is 0.520. The molecule has 0 atom stereocenters. The van der Waals surface area contributed by atoms with Crippen LogP contribution in [0, 0.1) is 0 Å². The van der Waals surface area contributed by atoms with Gasteiger partial charge in [0.1, 0.15) is 11.4 Å². The number of sulfonamides is 1. The molecule has 0 aliphatic carbocycles. The number of nitrogens with zero attached hydrogens (tertiary/aromatic N) is 5. The SMILES string of the molecule is CS(=O)(=O)N=CN1CCN(Cc2ccc3c(c2)Nc2nccnc2S3)CC1. The zero-order valence-corrected chi connectivity index (χ0v) is 16.5. The standard InChI is InChI=1S/C17H20N6O2S2/c1-27(24,25)20-12-23-8-6-22(7-9-23)11-13-2-3-15-14(10-13)21-16-17(26-15)19-5-4-18-16/h2-5,10,12H,6-9,11H2,1H3,(H,18,21). The molecule has 1 N–H and O–H groups in total. The van der Waals surface area contributed by atoms with Crippen molar-refractivity contribution < 1.29 is 8.42 Å². The number of anilines is 2. The van der Waals surface area contributed by atoms with E-state index in [1.807, 2.05) is 4.90 Å². The van der Waals surface area contributed by atoms with Crippen LogP contribution in [0.4, 0.5) is 11.5 Å².